The molecule has 2 aromatic heterocycles. The fourth-order valence-corrected chi connectivity index (χ4v) is 2.48. The van der Waals surface area contributed by atoms with Gasteiger partial charge in [0.2, 0.25) is 5.91 Å². The third kappa shape index (κ3) is 4.26. The van der Waals surface area contributed by atoms with E-state index in [1.165, 1.54) is 0 Å². The maximum atomic E-state index is 12.0. The van der Waals surface area contributed by atoms with Crippen LogP contribution in [0.5, 0.6) is 0 Å². The quantitative estimate of drug-likeness (QED) is 0.785. The molecule has 0 atom stereocenters. The molecule has 0 fully saturated rings. The van der Waals surface area contributed by atoms with E-state index in [4.69, 9.17) is 0 Å². The summed E-state index contributed by atoms with van der Waals surface area (Å²) in [7, 11) is 0. The fraction of sp³-hybridized carbons (Fsp3) is 0.150. The second kappa shape index (κ2) is 7.51. The minimum atomic E-state index is 0.0111. The van der Waals surface area contributed by atoms with E-state index in [-0.39, 0.29) is 5.91 Å². The van der Waals surface area contributed by atoms with Gasteiger partial charge in [0.25, 0.3) is 0 Å². The number of nitrogens with zero attached hydrogens (tertiary/aromatic N) is 2. The lowest BCUT2D eigenvalue weighted by atomic mass is 10.1. The highest BCUT2D eigenvalue weighted by Crippen LogP contribution is 2.15. The third-order valence-corrected chi connectivity index (χ3v) is 3.72. The van der Waals surface area contributed by atoms with Gasteiger partial charge in [-0.25, -0.2) is 0 Å². The number of rotatable bonds is 5. The molecule has 2 heterocycles. The number of hydrogen-bond donors (Lipinski definition) is 1. The first-order valence-electron chi connectivity index (χ1n) is 7.88. The molecule has 120 valence electrons. The van der Waals surface area contributed by atoms with Crippen LogP contribution in [0, 0.1) is 6.92 Å². The minimum Gasteiger partial charge on any atom is -0.352 e. The lowest BCUT2D eigenvalue weighted by molar-refractivity contribution is -0.120. The Hall–Kier alpha value is -3.01. The summed E-state index contributed by atoms with van der Waals surface area (Å²) in [5, 5.41) is 2.93. The van der Waals surface area contributed by atoms with Crippen LogP contribution in [0.25, 0.3) is 11.3 Å². The van der Waals surface area contributed by atoms with Gasteiger partial charge in [0, 0.05) is 30.7 Å². The highest BCUT2D eigenvalue weighted by atomic mass is 16.1. The highest BCUT2D eigenvalue weighted by molar-refractivity contribution is 5.78. The van der Waals surface area contributed by atoms with E-state index in [1.54, 1.807) is 18.6 Å². The van der Waals surface area contributed by atoms with Crippen LogP contribution in [0.1, 0.15) is 16.7 Å². The standard InChI is InChI=1S/C20H19N3O/c1-15-4-2-5-16(10-15)11-20(24)23-13-17-7-8-19(22-12-17)18-6-3-9-21-14-18/h2-10,12,14H,11,13H2,1H3,(H,23,24). The lowest BCUT2D eigenvalue weighted by Crippen LogP contribution is -2.24. The predicted molar refractivity (Wildman–Crippen MR) is 94.2 cm³/mol. The maximum Gasteiger partial charge on any atom is 0.224 e. The van der Waals surface area contributed by atoms with Crippen molar-refractivity contribution < 1.29 is 4.79 Å². The summed E-state index contributed by atoms with van der Waals surface area (Å²) in [5.41, 5.74) is 5.01. The number of amides is 1. The number of aromatic nitrogens is 2. The van der Waals surface area contributed by atoms with Gasteiger partial charge >= 0.3 is 0 Å². The fourth-order valence-electron chi connectivity index (χ4n) is 2.48. The molecule has 1 N–H and O–H groups in total. The van der Waals surface area contributed by atoms with Crippen LogP contribution in [-0.2, 0) is 17.8 Å². The molecule has 4 heteroatoms. The Kier molecular flexibility index (Phi) is 4.96. The Morgan fingerprint density at radius 1 is 1.04 bits per heavy atom. The van der Waals surface area contributed by atoms with Crippen molar-refractivity contribution in [2.75, 3.05) is 0 Å². The zero-order valence-electron chi connectivity index (χ0n) is 13.6. The molecule has 24 heavy (non-hydrogen) atoms. The van der Waals surface area contributed by atoms with Crippen molar-refractivity contribution in [1.29, 1.82) is 0 Å². The summed E-state index contributed by atoms with van der Waals surface area (Å²) >= 11 is 0. The van der Waals surface area contributed by atoms with Gasteiger partial charge in [0.1, 0.15) is 0 Å². The predicted octanol–water partition coefficient (Wildman–Crippen LogP) is 3.31. The monoisotopic (exact) mass is 317 g/mol. The summed E-state index contributed by atoms with van der Waals surface area (Å²) in [6.07, 6.45) is 5.70. The number of carbonyl (C=O) groups excluding carboxylic acids is 1. The average molecular weight is 317 g/mol. The molecule has 4 nitrogen and oxygen atoms in total. The zero-order valence-corrected chi connectivity index (χ0v) is 13.6. The molecule has 1 aromatic carbocycles. The van der Waals surface area contributed by atoms with Gasteiger partial charge in [0.15, 0.2) is 0 Å². The van der Waals surface area contributed by atoms with Crippen LogP contribution in [0.3, 0.4) is 0 Å². The molecule has 3 rings (SSSR count). The molecule has 0 spiro atoms. The molecule has 0 aliphatic rings. The Morgan fingerprint density at radius 2 is 1.96 bits per heavy atom. The molecule has 0 saturated heterocycles. The van der Waals surface area contributed by atoms with Crippen molar-refractivity contribution in [2.24, 2.45) is 0 Å². The molecular weight excluding hydrogens is 298 g/mol. The molecule has 0 radical (unpaired) electrons. The van der Waals surface area contributed by atoms with Gasteiger partial charge in [-0.3, -0.25) is 14.8 Å². The van der Waals surface area contributed by atoms with Crippen molar-refractivity contribution in [3.05, 3.63) is 83.8 Å². The van der Waals surface area contributed by atoms with Crippen molar-refractivity contribution in [3.8, 4) is 11.3 Å². The Bertz CT molecular complexity index is 814. The maximum absolute atomic E-state index is 12.0. The number of carbonyl (C=O) groups is 1. The summed E-state index contributed by atoms with van der Waals surface area (Å²) in [5.74, 6) is 0.0111. The molecule has 0 saturated carbocycles. The Labute approximate surface area is 141 Å². The molecule has 0 unspecified atom stereocenters. The van der Waals surface area contributed by atoms with Crippen LogP contribution in [0.4, 0.5) is 0 Å². The SMILES string of the molecule is Cc1cccc(CC(=O)NCc2ccc(-c3cccnc3)nc2)c1. The minimum absolute atomic E-state index is 0.0111. The molecule has 0 aliphatic carbocycles. The molecule has 3 aromatic rings. The molecular formula is C20H19N3O. The first-order chi connectivity index (χ1) is 11.7. The van der Waals surface area contributed by atoms with Crippen molar-refractivity contribution >= 4 is 5.91 Å². The van der Waals surface area contributed by atoms with Crippen LogP contribution in [-0.4, -0.2) is 15.9 Å². The Morgan fingerprint density at radius 3 is 2.67 bits per heavy atom. The topological polar surface area (TPSA) is 54.9 Å². The second-order valence-corrected chi connectivity index (χ2v) is 5.74. The van der Waals surface area contributed by atoms with Gasteiger partial charge in [-0.15, -0.1) is 0 Å². The largest absolute Gasteiger partial charge is 0.352 e. The average Bonchev–Trinajstić information content (AvgIpc) is 2.61. The normalized spacial score (nSPS) is 10.4. The van der Waals surface area contributed by atoms with Gasteiger partial charge in [-0.1, -0.05) is 35.9 Å². The van der Waals surface area contributed by atoms with Crippen molar-refractivity contribution in [1.82, 2.24) is 15.3 Å². The van der Waals surface area contributed by atoms with Gasteiger partial charge in [0.05, 0.1) is 12.1 Å². The number of benzene rings is 1. The number of hydrogen-bond acceptors (Lipinski definition) is 3. The zero-order chi connectivity index (χ0) is 16.8. The third-order valence-electron chi connectivity index (χ3n) is 3.72. The summed E-state index contributed by atoms with van der Waals surface area (Å²) < 4.78 is 0. The lowest BCUT2D eigenvalue weighted by Gasteiger charge is -2.07. The van der Waals surface area contributed by atoms with Crippen LogP contribution in [0.15, 0.2) is 67.1 Å². The van der Waals surface area contributed by atoms with E-state index in [1.807, 2.05) is 55.5 Å². The second-order valence-electron chi connectivity index (χ2n) is 5.74. The van der Waals surface area contributed by atoms with E-state index in [9.17, 15) is 4.79 Å². The number of pyridine rings is 2. The summed E-state index contributed by atoms with van der Waals surface area (Å²) in [6.45, 7) is 2.50. The van der Waals surface area contributed by atoms with Crippen molar-refractivity contribution in [2.45, 2.75) is 19.9 Å². The van der Waals surface area contributed by atoms with Gasteiger partial charge < -0.3 is 5.32 Å². The van der Waals surface area contributed by atoms with E-state index < -0.39 is 0 Å². The smallest absolute Gasteiger partial charge is 0.224 e. The summed E-state index contributed by atoms with van der Waals surface area (Å²) in [4.78, 5) is 20.6. The van der Waals surface area contributed by atoms with Crippen LogP contribution >= 0.6 is 0 Å². The molecule has 0 aliphatic heterocycles. The Balaban J connectivity index is 1.56. The van der Waals surface area contributed by atoms with Crippen LogP contribution < -0.4 is 5.32 Å². The first kappa shape index (κ1) is 15.9. The van der Waals surface area contributed by atoms with E-state index in [0.29, 0.717) is 13.0 Å². The summed E-state index contributed by atoms with van der Waals surface area (Å²) in [6, 6.07) is 15.8. The van der Waals surface area contributed by atoms with Gasteiger partial charge in [-0.2, -0.15) is 0 Å². The van der Waals surface area contributed by atoms with Crippen molar-refractivity contribution in [3.63, 3.8) is 0 Å². The number of aryl methyl sites for hydroxylation is 1. The number of nitrogens with one attached hydrogen (secondary N) is 1. The van der Waals surface area contributed by atoms with Gasteiger partial charge in [-0.05, 0) is 36.2 Å². The first-order valence-corrected chi connectivity index (χ1v) is 7.88. The van der Waals surface area contributed by atoms with E-state index >= 15 is 0 Å². The van der Waals surface area contributed by atoms with E-state index in [2.05, 4.69) is 15.3 Å². The molecule has 1 amide bonds. The van der Waals surface area contributed by atoms with Crippen LogP contribution in [0.2, 0.25) is 0 Å². The van der Waals surface area contributed by atoms with E-state index in [0.717, 1.165) is 27.9 Å². The highest BCUT2D eigenvalue weighted by Gasteiger charge is 2.04. The molecule has 0 bridgehead atoms.